The second-order valence-electron chi connectivity index (χ2n) is 5.57. The number of nitriles is 1. The minimum absolute atomic E-state index is 0.236. The molecule has 0 aliphatic carbocycles. The monoisotopic (exact) mass is 366 g/mol. The second-order valence-corrected chi connectivity index (χ2v) is 5.57. The molecule has 3 aromatic rings. The molecule has 0 bridgehead atoms. The average molecular weight is 366 g/mol. The number of nitrogens with zero attached hydrogens (tertiary/aromatic N) is 2. The maximum Gasteiger partial charge on any atom is 0.416 e. The molecule has 0 aliphatic heterocycles. The average Bonchev–Trinajstić information content (AvgIpc) is 2.68. The quantitative estimate of drug-likeness (QED) is 0.439. The molecule has 0 N–H and O–H groups in total. The smallest absolute Gasteiger partial charge is 0.416 e. The van der Waals surface area contributed by atoms with E-state index >= 15 is 0 Å². The van der Waals surface area contributed by atoms with Crippen LogP contribution >= 0.6 is 0 Å². The summed E-state index contributed by atoms with van der Waals surface area (Å²) in [7, 11) is 0. The van der Waals surface area contributed by atoms with E-state index in [-0.39, 0.29) is 5.90 Å². The van der Waals surface area contributed by atoms with Crippen molar-refractivity contribution in [2.24, 2.45) is 4.99 Å². The third-order valence-electron chi connectivity index (χ3n) is 3.64. The van der Waals surface area contributed by atoms with Crippen LogP contribution in [0, 0.1) is 11.3 Å². The highest BCUT2D eigenvalue weighted by atomic mass is 19.4. The van der Waals surface area contributed by atoms with Gasteiger partial charge in [-0.25, -0.2) is 4.99 Å². The fourth-order valence-electron chi connectivity index (χ4n) is 2.28. The van der Waals surface area contributed by atoms with E-state index in [4.69, 9.17) is 10.00 Å². The summed E-state index contributed by atoms with van der Waals surface area (Å²) < 4.78 is 44.0. The van der Waals surface area contributed by atoms with Crippen LogP contribution in [0.3, 0.4) is 0 Å². The van der Waals surface area contributed by atoms with Crippen LogP contribution in [0.4, 0.5) is 18.9 Å². The third kappa shape index (κ3) is 4.73. The van der Waals surface area contributed by atoms with Crippen molar-refractivity contribution in [2.75, 3.05) is 0 Å². The summed E-state index contributed by atoms with van der Waals surface area (Å²) >= 11 is 0. The van der Waals surface area contributed by atoms with Crippen LogP contribution in [0.5, 0.6) is 5.75 Å². The minimum atomic E-state index is -4.40. The zero-order chi connectivity index (χ0) is 19.3. The second kappa shape index (κ2) is 7.75. The molecule has 0 saturated heterocycles. The van der Waals surface area contributed by atoms with Crippen LogP contribution in [-0.4, -0.2) is 5.90 Å². The largest absolute Gasteiger partial charge is 0.438 e. The van der Waals surface area contributed by atoms with Crippen molar-refractivity contribution in [3.63, 3.8) is 0 Å². The summed E-state index contributed by atoms with van der Waals surface area (Å²) in [5.74, 6) is 0.698. The summed E-state index contributed by atoms with van der Waals surface area (Å²) in [5, 5.41) is 8.87. The van der Waals surface area contributed by atoms with Crippen molar-refractivity contribution in [1.82, 2.24) is 0 Å². The lowest BCUT2D eigenvalue weighted by atomic mass is 10.2. The number of rotatable bonds is 3. The van der Waals surface area contributed by atoms with Gasteiger partial charge >= 0.3 is 6.18 Å². The van der Waals surface area contributed by atoms with Crippen molar-refractivity contribution in [1.29, 1.82) is 5.26 Å². The predicted octanol–water partition coefficient (Wildman–Crippen LogP) is 5.73. The highest BCUT2D eigenvalue weighted by Gasteiger charge is 2.29. The summed E-state index contributed by atoms with van der Waals surface area (Å²) in [5.41, 5.74) is 0.747. The molecule has 0 atom stereocenters. The first-order valence-electron chi connectivity index (χ1n) is 7.95. The standard InChI is InChI=1S/C21H13F3N2O/c22-21(23,24)17-8-10-18(11-9-17)26-20(16-4-2-1-3-5-16)27-19-12-6-15(14-25)7-13-19/h1-13H. The molecule has 0 heterocycles. The molecular formula is C21H13F3N2O. The lowest BCUT2D eigenvalue weighted by molar-refractivity contribution is -0.137. The Hall–Kier alpha value is -3.59. The van der Waals surface area contributed by atoms with Gasteiger partial charge in [0.1, 0.15) is 5.75 Å². The molecule has 27 heavy (non-hydrogen) atoms. The molecule has 0 unspecified atom stereocenters. The molecule has 0 fully saturated rings. The van der Waals surface area contributed by atoms with Gasteiger partial charge in [-0.05, 0) is 60.7 Å². The zero-order valence-electron chi connectivity index (χ0n) is 13.9. The lowest BCUT2D eigenvalue weighted by Gasteiger charge is -2.10. The highest BCUT2D eigenvalue weighted by molar-refractivity contribution is 5.97. The third-order valence-corrected chi connectivity index (χ3v) is 3.64. The van der Waals surface area contributed by atoms with Crippen molar-refractivity contribution in [2.45, 2.75) is 6.18 Å². The van der Waals surface area contributed by atoms with E-state index < -0.39 is 11.7 Å². The Morgan fingerprint density at radius 1 is 0.852 bits per heavy atom. The van der Waals surface area contributed by atoms with Gasteiger partial charge in [-0.3, -0.25) is 0 Å². The molecule has 0 saturated carbocycles. The van der Waals surface area contributed by atoms with Gasteiger partial charge in [-0.2, -0.15) is 18.4 Å². The zero-order valence-corrected chi connectivity index (χ0v) is 13.9. The fraction of sp³-hybridized carbons (Fsp3) is 0.0476. The summed E-state index contributed by atoms with van der Waals surface area (Å²) in [4.78, 5) is 4.35. The number of aliphatic imine (C=N–C) groups is 1. The molecule has 3 rings (SSSR count). The van der Waals surface area contributed by atoms with Gasteiger partial charge in [-0.1, -0.05) is 18.2 Å². The van der Waals surface area contributed by atoms with E-state index in [2.05, 4.69) is 4.99 Å². The van der Waals surface area contributed by atoms with Crippen molar-refractivity contribution in [3.05, 3.63) is 95.6 Å². The van der Waals surface area contributed by atoms with E-state index in [1.54, 1.807) is 48.5 Å². The normalized spacial score (nSPS) is 11.7. The predicted molar refractivity (Wildman–Crippen MR) is 95.9 cm³/mol. The minimum Gasteiger partial charge on any atom is -0.438 e. The fourth-order valence-corrected chi connectivity index (χ4v) is 2.28. The Labute approximate surface area is 154 Å². The molecule has 0 aliphatic rings. The Bertz CT molecular complexity index is 971. The van der Waals surface area contributed by atoms with E-state index in [9.17, 15) is 13.2 Å². The molecule has 3 nitrogen and oxygen atoms in total. The van der Waals surface area contributed by atoms with Gasteiger partial charge in [0.05, 0.1) is 22.9 Å². The van der Waals surface area contributed by atoms with Crippen LogP contribution < -0.4 is 4.74 Å². The summed E-state index contributed by atoms with van der Waals surface area (Å²) in [6, 6.07) is 22.0. The number of alkyl halides is 3. The molecule has 3 aromatic carbocycles. The number of hydrogen-bond acceptors (Lipinski definition) is 3. The van der Waals surface area contributed by atoms with E-state index in [1.165, 1.54) is 12.1 Å². The first-order valence-corrected chi connectivity index (χ1v) is 7.95. The Balaban J connectivity index is 1.94. The molecule has 0 amide bonds. The van der Waals surface area contributed by atoms with Gasteiger partial charge in [0.15, 0.2) is 0 Å². The van der Waals surface area contributed by atoms with Crippen LogP contribution in [0.1, 0.15) is 16.7 Å². The summed E-state index contributed by atoms with van der Waals surface area (Å²) in [6.07, 6.45) is -4.40. The van der Waals surface area contributed by atoms with Crippen LogP contribution in [-0.2, 0) is 6.18 Å². The van der Waals surface area contributed by atoms with E-state index in [1.807, 2.05) is 12.1 Å². The molecular weight excluding hydrogens is 353 g/mol. The maximum absolute atomic E-state index is 12.7. The first kappa shape index (κ1) is 18.2. The van der Waals surface area contributed by atoms with Gasteiger partial charge in [0, 0.05) is 5.56 Å². The molecule has 0 aromatic heterocycles. The maximum atomic E-state index is 12.7. The van der Waals surface area contributed by atoms with Crippen LogP contribution in [0.2, 0.25) is 0 Å². The highest BCUT2D eigenvalue weighted by Crippen LogP contribution is 2.30. The van der Waals surface area contributed by atoms with Gasteiger partial charge < -0.3 is 4.74 Å². The Morgan fingerprint density at radius 2 is 1.48 bits per heavy atom. The van der Waals surface area contributed by atoms with Crippen molar-refractivity contribution >= 4 is 11.6 Å². The topological polar surface area (TPSA) is 45.4 Å². The molecule has 0 spiro atoms. The number of benzene rings is 3. The number of ether oxygens (including phenoxy) is 1. The Morgan fingerprint density at radius 3 is 2.04 bits per heavy atom. The SMILES string of the molecule is N#Cc1ccc(OC(=Nc2ccc(C(F)(F)F)cc2)c2ccccc2)cc1. The molecule has 134 valence electrons. The van der Waals surface area contributed by atoms with E-state index in [0.29, 0.717) is 22.6 Å². The summed E-state index contributed by atoms with van der Waals surface area (Å²) in [6.45, 7) is 0. The Kier molecular flexibility index (Phi) is 5.23. The number of hydrogen-bond donors (Lipinski definition) is 0. The van der Waals surface area contributed by atoms with Gasteiger partial charge in [0.2, 0.25) is 5.90 Å². The van der Waals surface area contributed by atoms with Crippen LogP contribution in [0.15, 0.2) is 83.9 Å². The van der Waals surface area contributed by atoms with Gasteiger partial charge in [-0.15, -0.1) is 0 Å². The van der Waals surface area contributed by atoms with E-state index in [0.717, 1.165) is 12.1 Å². The molecule has 0 radical (unpaired) electrons. The lowest BCUT2D eigenvalue weighted by Crippen LogP contribution is -2.10. The van der Waals surface area contributed by atoms with Crippen molar-refractivity contribution in [3.8, 4) is 11.8 Å². The van der Waals surface area contributed by atoms with Crippen molar-refractivity contribution < 1.29 is 17.9 Å². The number of halogens is 3. The first-order chi connectivity index (χ1) is 13.0. The van der Waals surface area contributed by atoms with Crippen LogP contribution in [0.25, 0.3) is 0 Å². The molecule has 6 heteroatoms. The van der Waals surface area contributed by atoms with Gasteiger partial charge in [0.25, 0.3) is 0 Å².